The van der Waals surface area contributed by atoms with Gasteiger partial charge in [-0.1, -0.05) is 0 Å². The first-order valence-electron chi connectivity index (χ1n) is 6.17. The lowest BCUT2D eigenvalue weighted by Gasteiger charge is -2.28. The van der Waals surface area contributed by atoms with Gasteiger partial charge in [-0.3, -0.25) is 0 Å². The van der Waals surface area contributed by atoms with Gasteiger partial charge in [-0.25, -0.2) is 0 Å². The molecule has 0 heterocycles. The highest BCUT2D eigenvalue weighted by molar-refractivity contribution is 6.60. The maximum atomic E-state index is 5.75. The molecule has 1 N–H and O–H groups in total. The average Bonchev–Trinajstić information content (AvgIpc) is 2.26. The summed E-state index contributed by atoms with van der Waals surface area (Å²) in [6, 6.07) is 0.878. The third-order valence-electron chi connectivity index (χ3n) is 2.10. The summed E-state index contributed by atoms with van der Waals surface area (Å²) in [4.78, 5) is 0. The first-order valence-corrected chi connectivity index (χ1v) is 8.10. The molecule has 0 spiro atoms. The molecule has 0 unspecified atom stereocenters. The van der Waals surface area contributed by atoms with Gasteiger partial charge in [0.2, 0.25) is 0 Å². The second-order valence-electron chi connectivity index (χ2n) is 3.33. The van der Waals surface area contributed by atoms with Crippen molar-refractivity contribution in [2.45, 2.75) is 40.2 Å². The highest BCUT2D eigenvalue weighted by Gasteiger charge is 2.39. The SMILES string of the molecule is C[CH]NCCC[Si](OCC)(OCC)OCC. The largest absolute Gasteiger partial charge is 0.500 e. The summed E-state index contributed by atoms with van der Waals surface area (Å²) in [6.07, 6.45) is 1.01. The highest BCUT2D eigenvalue weighted by atomic mass is 28.4. The Hall–Kier alpha value is 0.0569. The van der Waals surface area contributed by atoms with Crippen molar-refractivity contribution in [3.63, 3.8) is 0 Å². The van der Waals surface area contributed by atoms with Crippen molar-refractivity contribution < 1.29 is 13.3 Å². The van der Waals surface area contributed by atoms with Crippen molar-refractivity contribution >= 4 is 8.80 Å². The molecule has 0 rings (SSSR count). The van der Waals surface area contributed by atoms with E-state index in [1.165, 1.54) is 0 Å². The van der Waals surface area contributed by atoms with E-state index in [9.17, 15) is 0 Å². The Bertz CT molecular complexity index is 141. The van der Waals surface area contributed by atoms with Crippen LogP contribution in [0, 0.1) is 6.54 Å². The maximum absolute atomic E-state index is 5.75. The van der Waals surface area contributed by atoms with E-state index in [-0.39, 0.29) is 0 Å². The monoisotopic (exact) mass is 248 g/mol. The Morgan fingerprint density at radius 2 is 1.50 bits per heavy atom. The quantitative estimate of drug-likeness (QED) is 0.449. The Balaban J connectivity index is 4.12. The Labute approximate surface area is 101 Å². The fourth-order valence-corrected chi connectivity index (χ4v) is 4.16. The summed E-state index contributed by atoms with van der Waals surface area (Å²) in [5, 5.41) is 3.18. The van der Waals surface area contributed by atoms with Crippen molar-refractivity contribution in [2.24, 2.45) is 0 Å². The van der Waals surface area contributed by atoms with Crippen molar-refractivity contribution in [1.29, 1.82) is 0 Å². The summed E-state index contributed by atoms with van der Waals surface area (Å²) < 4.78 is 17.2. The lowest BCUT2D eigenvalue weighted by atomic mass is 10.5. The summed E-state index contributed by atoms with van der Waals surface area (Å²) in [5.74, 6) is 0. The molecule has 0 aliphatic heterocycles. The van der Waals surface area contributed by atoms with Gasteiger partial charge in [0.05, 0.1) is 0 Å². The van der Waals surface area contributed by atoms with Crippen molar-refractivity contribution in [3.8, 4) is 0 Å². The fourth-order valence-electron chi connectivity index (χ4n) is 1.55. The van der Waals surface area contributed by atoms with Crippen LogP contribution in [0.4, 0.5) is 0 Å². The van der Waals surface area contributed by atoms with Crippen LogP contribution >= 0.6 is 0 Å². The fraction of sp³-hybridized carbons (Fsp3) is 0.909. The summed E-state index contributed by atoms with van der Waals surface area (Å²) in [6.45, 7) is 12.8. The van der Waals surface area contributed by atoms with Crippen LogP contribution in [0.1, 0.15) is 34.1 Å². The zero-order valence-electron chi connectivity index (χ0n) is 11.0. The van der Waals surface area contributed by atoms with Crippen molar-refractivity contribution in [2.75, 3.05) is 26.4 Å². The number of hydrogen-bond acceptors (Lipinski definition) is 4. The first kappa shape index (κ1) is 16.1. The van der Waals surface area contributed by atoms with Gasteiger partial charge in [-0.05, 0) is 40.7 Å². The minimum Gasteiger partial charge on any atom is -0.374 e. The van der Waals surface area contributed by atoms with E-state index in [0.29, 0.717) is 19.8 Å². The van der Waals surface area contributed by atoms with Crippen LogP contribution in [0.2, 0.25) is 6.04 Å². The van der Waals surface area contributed by atoms with E-state index in [1.807, 2.05) is 34.2 Å². The molecule has 0 aliphatic carbocycles. The van der Waals surface area contributed by atoms with E-state index in [2.05, 4.69) is 5.32 Å². The molecule has 97 valence electrons. The third kappa shape index (κ3) is 6.60. The molecule has 0 aromatic heterocycles. The number of hydrogen-bond donors (Lipinski definition) is 1. The van der Waals surface area contributed by atoms with E-state index in [4.69, 9.17) is 13.3 Å². The van der Waals surface area contributed by atoms with Gasteiger partial charge in [0.1, 0.15) is 0 Å². The van der Waals surface area contributed by atoms with Gasteiger partial charge in [0.25, 0.3) is 0 Å². The topological polar surface area (TPSA) is 39.7 Å². The molecular formula is C11H26NO3Si. The predicted molar refractivity (Wildman–Crippen MR) is 68.0 cm³/mol. The standard InChI is InChI=1S/C11H26NO3Si/c1-5-12-10-9-11-16(13-6-2,14-7-3)15-8-4/h5,12H,6-11H2,1-4H3. The van der Waals surface area contributed by atoms with Gasteiger partial charge in [-0.15, -0.1) is 0 Å². The normalized spacial score (nSPS) is 12.0. The lowest BCUT2D eigenvalue weighted by Crippen LogP contribution is -2.46. The molecule has 0 fully saturated rings. The summed E-state index contributed by atoms with van der Waals surface area (Å²) in [7, 11) is -2.40. The Morgan fingerprint density at radius 3 is 1.88 bits per heavy atom. The second-order valence-corrected chi connectivity index (χ2v) is 6.06. The van der Waals surface area contributed by atoms with Crippen LogP contribution in [-0.2, 0) is 13.3 Å². The number of rotatable bonds is 11. The Kier molecular flexibility index (Phi) is 10.3. The zero-order valence-corrected chi connectivity index (χ0v) is 12.0. The van der Waals surface area contributed by atoms with Gasteiger partial charge in [-0.2, -0.15) is 0 Å². The van der Waals surface area contributed by atoms with Crippen LogP contribution in [0.25, 0.3) is 0 Å². The van der Waals surface area contributed by atoms with E-state index in [0.717, 1.165) is 19.0 Å². The molecule has 0 bridgehead atoms. The molecule has 0 aromatic carbocycles. The van der Waals surface area contributed by atoms with Crippen LogP contribution < -0.4 is 5.32 Å². The van der Waals surface area contributed by atoms with Gasteiger partial charge < -0.3 is 18.6 Å². The highest BCUT2D eigenvalue weighted by Crippen LogP contribution is 2.17. The maximum Gasteiger partial charge on any atom is 0.500 e. The molecule has 0 aliphatic rings. The van der Waals surface area contributed by atoms with Crippen molar-refractivity contribution in [3.05, 3.63) is 6.54 Å². The van der Waals surface area contributed by atoms with Gasteiger partial charge >= 0.3 is 8.80 Å². The van der Waals surface area contributed by atoms with E-state index in [1.54, 1.807) is 0 Å². The molecule has 1 radical (unpaired) electrons. The third-order valence-corrected chi connectivity index (χ3v) is 5.25. The molecule has 5 heteroatoms. The van der Waals surface area contributed by atoms with E-state index < -0.39 is 8.80 Å². The molecular weight excluding hydrogens is 222 g/mol. The zero-order chi connectivity index (χ0) is 12.3. The molecule has 16 heavy (non-hydrogen) atoms. The van der Waals surface area contributed by atoms with Crippen molar-refractivity contribution in [1.82, 2.24) is 5.32 Å². The van der Waals surface area contributed by atoms with Gasteiger partial charge in [0.15, 0.2) is 0 Å². The predicted octanol–water partition coefficient (Wildman–Crippen LogP) is 2.20. The van der Waals surface area contributed by atoms with E-state index >= 15 is 0 Å². The minimum absolute atomic E-state index is 0.652. The van der Waals surface area contributed by atoms with Crippen LogP contribution in [0.5, 0.6) is 0 Å². The molecule has 0 saturated heterocycles. The molecule has 0 aromatic rings. The first-order chi connectivity index (χ1) is 7.74. The summed E-state index contributed by atoms with van der Waals surface area (Å²) in [5.41, 5.74) is 0. The number of nitrogens with one attached hydrogen (secondary N) is 1. The van der Waals surface area contributed by atoms with Gasteiger partial charge in [0, 0.05) is 32.4 Å². The van der Waals surface area contributed by atoms with Crippen LogP contribution in [0.15, 0.2) is 0 Å². The Morgan fingerprint density at radius 1 is 1.00 bits per heavy atom. The summed E-state index contributed by atoms with van der Waals surface area (Å²) >= 11 is 0. The second kappa shape index (κ2) is 10.2. The molecule has 0 amide bonds. The molecule has 0 atom stereocenters. The van der Waals surface area contributed by atoms with Crippen LogP contribution in [0.3, 0.4) is 0 Å². The minimum atomic E-state index is -2.40. The smallest absolute Gasteiger partial charge is 0.374 e. The molecule has 4 nitrogen and oxygen atoms in total. The average molecular weight is 248 g/mol. The lowest BCUT2D eigenvalue weighted by molar-refractivity contribution is 0.0708. The van der Waals surface area contributed by atoms with Crippen LogP contribution in [-0.4, -0.2) is 35.2 Å². The molecule has 0 saturated carbocycles.